The molecule has 1 aromatic rings. The van der Waals surface area contributed by atoms with E-state index in [1.54, 1.807) is 0 Å². The second kappa shape index (κ2) is 7.78. The van der Waals surface area contributed by atoms with Crippen LogP contribution < -0.4 is 0 Å². The van der Waals surface area contributed by atoms with Gasteiger partial charge in [0.25, 0.3) is 0 Å². The minimum Gasteiger partial charge on any atom is -0.0847 e. The van der Waals surface area contributed by atoms with Crippen LogP contribution in [0.4, 0.5) is 0 Å². The highest BCUT2D eigenvalue weighted by Gasteiger charge is 2.02. The maximum atomic E-state index is 2.31. The van der Waals surface area contributed by atoms with Gasteiger partial charge in [0.2, 0.25) is 0 Å². The quantitative estimate of drug-likeness (QED) is 0.569. The summed E-state index contributed by atoms with van der Waals surface area (Å²) < 4.78 is 0. The van der Waals surface area contributed by atoms with Gasteiger partial charge in [-0.2, -0.15) is 0 Å². The van der Waals surface area contributed by atoms with Crippen LogP contribution in [0.2, 0.25) is 0 Å². The maximum absolute atomic E-state index is 2.31. The maximum Gasteiger partial charge on any atom is -0.0182 e. The molecular weight excluding hydrogens is 228 g/mol. The molecule has 0 amide bonds. The molecule has 0 aliphatic rings. The van der Waals surface area contributed by atoms with Crippen LogP contribution in [0, 0.1) is 0 Å². The second-order valence-electron chi connectivity index (χ2n) is 4.97. The molecule has 0 aromatic heterocycles. The largest absolute Gasteiger partial charge is 0.0847 e. The first-order chi connectivity index (χ1) is 9.12. The lowest BCUT2D eigenvalue weighted by molar-refractivity contribution is 1.10. The summed E-state index contributed by atoms with van der Waals surface area (Å²) in [4.78, 5) is 0. The summed E-state index contributed by atoms with van der Waals surface area (Å²) in [7, 11) is 0. The predicted molar refractivity (Wildman–Crippen MR) is 87.3 cm³/mol. The Morgan fingerprint density at radius 3 is 2.42 bits per heavy atom. The van der Waals surface area contributed by atoms with Gasteiger partial charge in [-0.25, -0.2) is 0 Å². The zero-order valence-corrected chi connectivity index (χ0v) is 13.0. The van der Waals surface area contributed by atoms with Crippen molar-refractivity contribution in [3.05, 3.63) is 64.8 Å². The Balaban J connectivity index is 3.22. The van der Waals surface area contributed by atoms with E-state index in [2.05, 4.69) is 77.1 Å². The third-order valence-electron chi connectivity index (χ3n) is 3.60. The van der Waals surface area contributed by atoms with Crippen LogP contribution in [-0.4, -0.2) is 0 Å². The Hall–Kier alpha value is -1.56. The van der Waals surface area contributed by atoms with E-state index in [-0.39, 0.29) is 0 Å². The van der Waals surface area contributed by atoms with Crippen molar-refractivity contribution in [2.75, 3.05) is 0 Å². The van der Waals surface area contributed by atoms with Crippen LogP contribution in [0.25, 0.3) is 5.57 Å². The van der Waals surface area contributed by atoms with E-state index in [9.17, 15) is 0 Å². The van der Waals surface area contributed by atoms with Crippen molar-refractivity contribution in [2.45, 2.75) is 47.5 Å². The highest BCUT2D eigenvalue weighted by molar-refractivity contribution is 5.77. The lowest BCUT2D eigenvalue weighted by Gasteiger charge is -2.09. The fraction of sp³-hybridized carbons (Fsp3) is 0.368. The number of rotatable bonds is 5. The highest BCUT2D eigenvalue weighted by atomic mass is 14.1. The summed E-state index contributed by atoms with van der Waals surface area (Å²) in [5.41, 5.74) is 6.83. The highest BCUT2D eigenvalue weighted by Crippen LogP contribution is 2.24. The van der Waals surface area contributed by atoms with Crippen molar-refractivity contribution in [1.29, 1.82) is 0 Å². The van der Waals surface area contributed by atoms with Gasteiger partial charge in [0.05, 0.1) is 0 Å². The molecule has 0 N–H and O–H groups in total. The summed E-state index contributed by atoms with van der Waals surface area (Å²) in [5, 5.41) is 0. The molecule has 0 fully saturated rings. The molecule has 19 heavy (non-hydrogen) atoms. The fourth-order valence-corrected chi connectivity index (χ4v) is 1.95. The SMILES string of the molecule is C\C=C(C)/C=C\C(=C(/C)CC)c1cccc(CC)c1. The van der Waals surface area contributed by atoms with Gasteiger partial charge in [0, 0.05) is 0 Å². The molecule has 0 spiro atoms. The molecule has 0 radical (unpaired) electrons. The van der Waals surface area contributed by atoms with Gasteiger partial charge in [-0.3, -0.25) is 0 Å². The minimum atomic E-state index is 1.09. The van der Waals surface area contributed by atoms with Crippen molar-refractivity contribution in [1.82, 2.24) is 0 Å². The minimum absolute atomic E-state index is 1.09. The zero-order valence-electron chi connectivity index (χ0n) is 13.0. The molecule has 0 atom stereocenters. The van der Waals surface area contributed by atoms with Gasteiger partial charge in [-0.15, -0.1) is 0 Å². The van der Waals surface area contributed by atoms with Crippen molar-refractivity contribution in [3.63, 3.8) is 0 Å². The predicted octanol–water partition coefficient (Wildman–Crippen LogP) is 5.95. The third-order valence-corrected chi connectivity index (χ3v) is 3.60. The van der Waals surface area contributed by atoms with Crippen LogP contribution >= 0.6 is 0 Å². The number of allylic oxidation sites excluding steroid dienone is 6. The van der Waals surface area contributed by atoms with Crippen LogP contribution in [0.5, 0.6) is 0 Å². The molecular formula is C19H26. The first-order valence-corrected chi connectivity index (χ1v) is 7.22. The van der Waals surface area contributed by atoms with E-state index < -0.39 is 0 Å². The van der Waals surface area contributed by atoms with Crippen molar-refractivity contribution in [2.24, 2.45) is 0 Å². The number of hydrogen-bond donors (Lipinski definition) is 0. The smallest absolute Gasteiger partial charge is 0.0182 e. The Kier molecular flexibility index (Phi) is 6.35. The summed E-state index contributed by atoms with van der Waals surface area (Å²) >= 11 is 0. The molecule has 0 heteroatoms. The van der Waals surface area contributed by atoms with Crippen molar-refractivity contribution >= 4 is 5.57 Å². The molecule has 0 unspecified atom stereocenters. The lowest BCUT2D eigenvalue weighted by atomic mass is 9.96. The summed E-state index contributed by atoms with van der Waals surface area (Å²) in [6.07, 6.45) is 8.77. The standard InChI is InChI=1S/C19H26/c1-6-15(4)12-13-19(16(5)7-2)18-11-9-10-17(8-3)14-18/h6,9-14H,7-8H2,1-5H3/b13-12-,15-6-,19-16-. The molecule has 1 rings (SSSR count). The van der Waals surface area contributed by atoms with E-state index in [0.717, 1.165) is 12.8 Å². The molecule has 0 nitrogen and oxygen atoms in total. The van der Waals surface area contributed by atoms with Crippen molar-refractivity contribution in [3.8, 4) is 0 Å². The molecule has 1 aromatic carbocycles. The lowest BCUT2D eigenvalue weighted by Crippen LogP contribution is -1.89. The Bertz CT molecular complexity index is 499. The average Bonchev–Trinajstić information content (AvgIpc) is 2.46. The molecule has 0 aliphatic heterocycles. The molecule has 0 heterocycles. The van der Waals surface area contributed by atoms with E-state index in [0.29, 0.717) is 0 Å². The molecule has 0 aliphatic carbocycles. The van der Waals surface area contributed by atoms with Gasteiger partial charge in [-0.05, 0) is 50.3 Å². The van der Waals surface area contributed by atoms with Gasteiger partial charge >= 0.3 is 0 Å². The summed E-state index contributed by atoms with van der Waals surface area (Å²) in [6.45, 7) is 10.9. The topological polar surface area (TPSA) is 0 Å². The third kappa shape index (κ3) is 4.55. The Labute approximate surface area is 118 Å². The normalized spacial score (nSPS) is 13.8. The second-order valence-corrected chi connectivity index (χ2v) is 4.97. The van der Waals surface area contributed by atoms with Crippen LogP contribution in [0.15, 0.2) is 53.6 Å². The van der Waals surface area contributed by atoms with E-state index >= 15 is 0 Å². The number of benzene rings is 1. The van der Waals surface area contributed by atoms with Crippen LogP contribution in [0.1, 0.15) is 52.2 Å². The van der Waals surface area contributed by atoms with Crippen molar-refractivity contribution < 1.29 is 0 Å². The summed E-state index contributed by atoms with van der Waals surface area (Å²) in [6, 6.07) is 8.88. The summed E-state index contributed by atoms with van der Waals surface area (Å²) in [5.74, 6) is 0. The monoisotopic (exact) mass is 254 g/mol. The number of hydrogen-bond acceptors (Lipinski definition) is 0. The molecule has 0 bridgehead atoms. The Morgan fingerprint density at radius 2 is 1.84 bits per heavy atom. The van der Waals surface area contributed by atoms with Gasteiger partial charge in [0.1, 0.15) is 0 Å². The zero-order chi connectivity index (χ0) is 14.3. The molecule has 0 saturated heterocycles. The van der Waals surface area contributed by atoms with E-state index in [1.807, 2.05) is 0 Å². The first kappa shape index (κ1) is 15.5. The average molecular weight is 254 g/mol. The van der Waals surface area contributed by atoms with Gasteiger partial charge < -0.3 is 0 Å². The van der Waals surface area contributed by atoms with Crippen LogP contribution in [-0.2, 0) is 6.42 Å². The van der Waals surface area contributed by atoms with E-state index in [4.69, 9.17) is 0 Å². The van der Waals surface area contributed by atoms with Crippen LogP contribution in [0.3, 0.4) is 0 Å². The first-order valence-electron chi connectivity index (χ1n) is 7.22. The van der Waals surface area contributed by atoms with Gasteiger partial charge in [0.15, 0.2) is 0 Å². The number of aryl methyl sites for hydroxylation is 1. The van der Waals surface area contributed by atoms with Gasteiger partial charge in [-0.1, -0.05) is 67.5 Å². The molecule has 102 valence electrons. The Morgan fingerprint density at radius 1 is 1.11 bits per heavy atom. The fourth-order valence-electron chi connectivity index (χ4n) is 1.95. The molecule has 0 saturated carbocycles. The van der Waals surface area contributed by atoms with E-state index in [1.165, 1.54) is 27.8 Å².